The second kappa shape index (κ2) is 8.47. The third-order valence-electron chi connectivity index (χ3n) is 6.71. The van der Waals surface area contributed by atoms with Gasteiger partial charge in [0.05, 0.1) is 28.7 Å². The van der Waals surface area contributed by atoms with Crippen molar-refractivity contribution < 1.29 is 23.7 Å². The molecule has 0 saturated heterocycles. The zero-order valence-corrected chi connectivity index (χ0v) is 19.2. The number of nitrogens with one attached hydrogen (secondary N) is 1. The molecule has 8 heteroatoms. The van der Waals surface area contributed by atoms with E-state index in [1.807, 2.05) is 6.07 Å². The second-order valence-corrected chi connectivity index (χ2v) is 8.71. The van der Waals surface area contributed by atoms with Crippen molar-refractivity contribution in [2.45, 2.75) is 19.4 Å². The van der Waals surface area contributed by atoms with Gasteiger partial charge >= 0.3 is 0 Å². The predicted molar refractivity (Wildman–Crippen MR) is 131 cm³/mol. The average Bonchev–Trinajstić information content (AvgIpc) is 3.34. The summed E-state index contributed by atoms with van der Waals surface area (Å²) < 4.78 is 19.2. The fraction of sp³-hybridized carbons (Fsp3) is 0.222. The summed E-state index contributed by atoms with van der Waals surface area (Å²) in [7, 11) is 1.67. The van der Waals surface area contributed by atoms with Gasteiger partial charge in [0.15, 0.2) is 24.2 Å². The van der Waals surface area contributed by atoms with Crippen molar-refractivity contribution in [3.05, 3.63) is 82.0 Å². The number of nitrogens with zero attached hydrogens (tertiary/aromatic N) is 2. The molecular formula is C27H24N3O5+. The molecule has 1 aromatic heterocycles. The Balaban J connectivity index is 1.32. The molecule has 0 fully saturated rings. The number of hydrogen-bond acceptors (Lipinski definition) is 6. The molecule has 176 valence electrons. The Kier molecular flexibility index (Phi) is 5.13. The molecule has 4 aromatic rings. The topological polar surface area (TPSA) is 86.7 Å². The van der Waals surface area contributed by atoms with E-state index in [1.54, 1.807) is 31.4 Å². The van der Waals surface area contributed by atoms with E-state index >= 15 is 0 Å². The number of rotatable bonds is 6. The van der Waals surface area contributed by atoms with Crippen LogP contribution in [0.4, 0.5) is 11.4 Å². The van der Waals surface area contributed by atoms with Crippen LogP contribution in [0.5, 0.6) is 17.2 Å². The summed E-state index contributed by atoms with van der Waals surface area (Å²) in [6.45, 7) is 1.81. The first-order chi connectivity index (χ1) is 17.1. The summed E-state index contributed by atoms with van der Waals surface area (Å²) in [4.78, 5) is 10.5. The van der Waals surface area contributed by atoms with Crippen molar-refractivity contribution in [2.24, 2.45) is 0 Å². The van der Waals surface area contributed by atoms with Gasteiger partial charge in [-0.1, -0.05) is 18.2 Å². The standard InChI is InChI=1S/C27H23N3O5/c1-33-24-7-4-18-12-23-21-14-26-25(34-16-35-26)13-19(21)9-11-29(23)15-22(18)27(24)28-10-8-17-2-5-20(6-3-17)30(31)32/h2-7,12-15H,8-11,16H2,1H3/p+1. The highest BCUT2D eigenvalue weighted by Crippen LogP contribution is 2.41. The number of methoxy groups -OCH3 is 1. The lowest BCUT2D eigenvalue weighted by atomic mass is 9.95. The fourth-order valence-electron chi connectivity index (χ4n) is 4.89. The fourth-order valence-corrected chi connectivity index (χ4v) is 4.89. The van der Waals surface area contributed by atoms with Gasteiger partial charge in [0, 0.05) is 31.2 Å². The summed E-state index contributed by atoms with van der Waals surface area (Å²) in [6.07, 6.45) is 3.84. The molecule has 0 amide bonds. The molecular weight excluding hydrogens is 446 g/mol. The third-order valence-corrected chi connectivity index (χ3v) is 6.71. The molecule has 0 aliphatic carbocycles. The minimum Gasteiger partial charge on any atom is -0.495 e. The number of nitro benzene ring substituents is 1. The van der Waals surface area contributed by atoms with Gasteiger partial charge in [0.2, 0.25) is 12.5 Å². The number of anilines is 1. The lowest BCUT2D eigenvalue weighted by Crippen LogP contribution is -2.40. The number of aromatic nitrogens is 1. The van der Waals surface area contributed by atoms with Crippen molar-refractivity contribution in [3.8, 4) is 28.5 Å². The van der Waals surface area contributed by atoms with E-state index < -0.39 is 0 Å². The molecule has 8 nitrogen and oxygen atoms in total. The molecule has 0 bridgehead atoms. The molecule has 0 unspecified atom stereocenters. The number of non-ortho nitro benzene ring substituents is 1. The monoisotopic (exact) mass is 470 g/mol. The van der Waals surface area contributed by atoms with E-state index in [4.69, 9.17) is 14.2 Å². The van der Waals surface area contributed by atoms with Gasteiger partial charge < -0.3 is 19.5 Å². The van der Waals surface area contributed by atoms with Crippen LogP contribution in [0.15, 0.2) is 60.8 Å². The Morgan fingerprint density at radius 1 is 1.09 bits per heavy atom. The summed E-state index contributed by atoms with van der Waals surface area (Å²) in [6, 6.07) is 17.2. The second-order valence-electron chi connectivity index (χ2n) is 8.71. The molecule has 3 heterocycles. The molecule has 1 N–H and O–H groups in total. The van der Waals surface area contributed by atoms with Gasteiger partial charge in [-0.2, -0.15) is 4.57 Å². The van der Waals surface area contributed by atoms with Gasteiger partial charge in [-0.15, -0.1) is 0 Å². The van der Waals surface area contributed by atoms with Crippen molar-refractivity contribution in [2.75, 3.05) is 25.8 Å². The highest BCUT2D eigenvalue weighted by Gasteiger charge is 2.28. The molecule has 3 aromatic carbocycles. The largest absolute Gasteiger partial charge is 0.495 e. The number of aryl methyl sites for hydroxylation is 2. The van der Waals surface area contributed by atoms with Crippen LogP contribution in [0.25, 0.3) is 22.0 Å². The van der Waals surface area contributed by atoms with Crippen molar-refractivity contribution >= 4 is 22.1 Å². The van der Waals surface area contributed by atoms with Crippen LogP contribution in [0.2, 0.25) is 0 Å². The highest BCUT2D eigenvalue weighted by molar-refractivity contribution is 5.97. The number of nitro groups is 1. The van der Waals surface area contributed by atoms with Gasteiger partial charge in [-0.3, -0.25) is 10.1 Å². The molecule has 2 aliphatic rings. The third kappa shape index (κ3) is 3.77. The summed E-state index contributed by atoms with van der Waals surface area (Å²) >= 11 is 0. The Labute approximate surface area is 201 Å². The lowest BCUT2D eigenvalue weighted by molar-refractivity contribution is -0.686. The van der Waals surface area contributed by atoms with Crippen LogP contribution in [-0.2, 0) is 19.4 Å². The van der Waals surface area contributed by atoms with Crippen LogP contribution in [0.1, 0.15) is 11.1 Å². The zero-order chi connectivity index (χ0) is 23.9. The number of pyridine rings is 1. The van der Waals surface area contributed by atoms with Gasteiger partial charge in [-0.25, -0.2) is 0 Å². The summed E-state index contributed by atoms with van der Waals surface area (Å²) in [5, 5.41) is 16.6. The quantitative estimate of drug-likeness (QED) is 0.251. The van der Waals surface area contributed by atoms with E-state index in [-0.39, 0.29) is 17.4 Å². The van der Waals surface area contributed by atoms with Crippen molar-refractivity contribution in [3.63, 3.8) is 0 Å². The summed E-state index contributed by atoms with van der Waals surface area (Å²) in [5.74, 6) is 2.39. The Morgan fingerprint density at radius 3 is 2.66 bits per heavy atom. The zero-order valence-electron chi connectivity index (χ0n) is 19.2. The van der Waals surface area contributed by atoms with Crippen LogP contribution in [-0.4, -0.2) is 25.4 Å². The van der Waals surface area contributed by atoms with Gasteiger partial charge in [0.25, 0.3) is 5.69 Å². The van der Waals surface area contributed by atoms with Crippen molar-refractivity contribution in [1.29, 1.82) is 0 Å². The maximum atomic E-state index is 10.9. The number of hydrogen-bond donors (Lipinski definition) is 1. The maximum Gasteiger partial charge on any atom is 0.269 e. The first kappa shape index (κ1) is 21.2. The Hall–Kier alpha value is -4.33. The Morgan fingerprint density at radius 2 is 1.89 bits per heavy atom. The van der Waals surface area contributed by atoms with Crippen LogP contribution >= 0.6 is 0 Å². The first-order valence-corrected chi connectivity index (χ1v) is 11.5. The highest BCUT2D eigenvalue weighted by atomic mass is 16.7. The van der Waals surface area contributed by atoms with E-state index in [0.717, 1.165) is 64.4 Å². The van der Waals surface area contributed by atoms with Gasteiger partial charge in [0.1, 0.15) is 5.75 Å². The van der Waals surface area contributed by atoms with E-state index in [2.05, 4.69) is 40.3 Å². The minimum atomic E-state index is -0.381. The van der Waals surface area contributed by atoms with Gasteiger partial charge in [-0.05, 0) is 41.1 Å². The maximum absolute atomic E-state index is 10.9. The minimum absolute atomic E-state index is 0.102. The molecule has 2 aliphatic heterocycles. The average molecular weight is 471 g/mol. The van der Waals surface area contributed by atoms with E-state index in [0.29, 0.717) is 6.54 Å². The molecule has 0 atom stereocenters. The van der Waals surface area contributed by atoms with E-state index in [1.165, 1.54) is 11.1 Å². The summed E-state index contributed by atoms with van der Waals surface area (Å²) in [5.41, 5.74) is 5.67. The number of ether oxygens (including phenoxy) is 3. The number of fused-ring (bicyclic) bond motifs is 5. The molecule has 0 saturated carbocycles. The molecule has 0 radical (unpaired) electrons. The lowest BCUT2D eigenvalue weighted by Gasteiger charge is -2.18. The van der Waals surface area contributed by atoms with Crippen LogP contribution < -0.4 is 24.1 Å². The predicted octanol–water partition coefficient (Wildman–Crippen LogP) is 4.65. The molecule has 35 heavy (non-hydrogen) atoms. The SMILES string of the molecule is COc1ccc2cc3[n+](cc2c1NCCc1ccc([N+](=O)[O-])cc1)CCc1cc2c(cc1-3)OCO2. The van der Waals surface area contributed by atoms with Crippen LogP contribution in [0, 0.1) is 10.1 Å². The smallest absolute Gasteiger partial charge is 0.269 e. The normalized spacial score (nSPS) is 13.3. The van der Waals surface area contributed by atoms with Crippen molar-refractivity contribution in [1.82, 2.24) is 0 Å². The first-order valence-electron chi connectivity index (χ1n) is 11.5. The van der Waals surface area contributed by atoms with E-state index in [9.17, 15) is 10.1 Å². The number of benzene rings is 3. The Bertz CT molecular complexity index is 1470. The molecule has 6 rings (SSSR count). The molecule has 0 spiro atoms. The van der Waals surface area contributed by atoms with Crippen LogP contribution in [0.3, 0.4) is 0 Å².